The maximum absolute atomic E-state index is 11.3. The maximum Gasteiger partial charge on any atom is 0.261 e. The van der Waals surface area contributed by atoms with Crippen molar-refractivity contribution >= 4 is 42.1 Å². The lowest BCUT2D eigenvalue weighted by Crippen LogP contribution is -1.92. The second kappa shape index (κ2) is 3.63. The molecule has 0 saturated carbocycles. The standard InChI is InChI=1S/C9H5Cl2NO2S/c10-7-3-6-5-12-2-1-8(6)9(4-7)15(11,13)14/h1-5H. The molecule has 0 bridgehead atoms. The van der Waals surface area contributed by atoms with Gasteiger partial charge in [0.05, 0.1) is 4.90 Å². The predicted molar refractivity (Wildman–Crippen MR) is 59.8 cm³/mol. The highest BCUT2D eigenvalue weighted by Crippen LogP contribution is 2.28. The van der Waals surface area contributed by atoms with E-state index in [4.69, 9.17) is 22.3 Å². The Morgan fingerprint density at radius 1 is 1.27 bits per heavy atom. The molecule has 0 unspecified atom stereocenters. The Balaban J connectivity index is 2.96. The van der Waals surface area contributed by atoms with E-state index in [1.807, 2.05) is 0 Å². The monoisotopic (exact) mass is 261 g/mol. The summed E-state index contributed by atoms with van der Waals surface area (Å²) in [5.41, 5.74) is 0. The Morgan fingerprint density at radius 2 is 2.00 bits per heavy atom. The van der Waals surface area contributed by atoms with Gasteiger partial charge < -0.3 is 0 Å². The van der Waals surface area contributed by atoms with Gasteiger partial charge in [0.25, 0.3) is 9.05 Å². The number of pyridine rings is 1. The summed E-state index contributed by atoms with van der Waals surface area (Å²) in [6.07, 6.45) is 3.04. The number of rotatable bonds is 1. The van der Waals surface area contributed by atoms with Crippen LogP contribution < -0.4 is 0 Å². The van der Waals surface area contributed by atoms with E-state index in [-0.39, 0.29) is 4.90 Å². The van der Waals surface area contributed by atoms with E-state index < -0.39 is 9.05 Å². The molecule has 0 spiro atoms. The molecule has 2 aromatic rings. The van der Waals surface area contributed by atoms with E-state index in [0.717, 1.165) is 0 Å². The van der Waals surface area contributed by atoms with E-state index in [1.165, 1.54) is 18.5 Å². The summed E-state index contributed by atoms with van der Waals surface area (Å²) in [5.74, 6) is 0. The molecule has 2 rings (SSSR count). The van der Waals surface area contributed by atoms with Crippen molar-refractivity contribution in [2.75, 3.05) is 0 Å². The Morgan fingerprint density at radius 3 is 2.67 bits per heavy atom. The van der Waals surface area contributed by atoms with Gasteiger partial charge in [0.1, 0.15) is 0 Å². The van der Waals surface area contributed by atoms with Crippen molar-refractivity contribution in [2.24, 2.45) is 0 Å². The van der Waals surface area contributed by atoms with E-state index >= 15 is 0 Å². The Hall–Kier alpha value is -0.840. The molecule has 1 aromatic heterocycles. The zero-order chi connectivity index (χ0) is 11.1. The second-order valence-corrected chi connectivity index (χ2v) is 5.91. The molecule has 0 aliphatic carbocycles. The number of hydrogen-bond acceptors (Lipinski definition) is 3. The molecular formula is C9H5Cl2NO2S. The highest BCUT2D eigenvalue weighted by molar-refractivity contribution is 8.14. The molecule has 0 amide bonds. The molecule has 0 N–H and O–H groups in total. The van der Waals surface area contributed by atoms with Crippen LogP contribution in [0.4, 0.5) is 0 Å². The zero-order valence-corrected chi connectivity index (χ0v) is 9.64. The summed E-state index contributed by atoms with van der Waals surface area (Å²) in [4.78, 5) is 3.89. The van der Waals surface area contributed by atoms with Gasteiger partial charge in [-0.25, -0.2) is 8.42 Å². The summed E-state index contributed by atoms with van der Waals surface area (Å²) in [6.45, 7) is 0. The minimum atomic E-state index is -3.79. The maximum atomic E-state index is 11.3. The van der Waals surface area contributed by atoms with Crippen molar-refractivity contribution in [1.29, 1.82) is 0 Å². The fraction of sp³-hybridized carbons (Fsp3) is 0. The van der Waals surface area contributed by atoms with Crippen molar-refractivity contribution in [3.05, 3.63) is 35.6 Å². The van der Waals surface area contributed by atoms with Crippen LogP contribution in [0.3, 0.4) is 0 Å². The lowest BCUT2D eigenvalue weighted by molar-refractivity contribution is 0.610. The van der Waals surface area contributed by atoms with E-state index in [2.05, 4.69) is 4.98 Å². The third kappa shape index (κ3) is 2.07. The molecule has 3 nitrogen and oxygen atoms in total. The predicted octanol–water partition coefficient (Wildman–Crippen LogP) is 2.82. The highest BCUT2D eigenvalue weighted by atomic mass is 35.7. The first kappa shape index (κ1) is 10.7. The van der Waals surface area contributed by atoms with Gasteiger partial charge >= 0.3 is 0 Å². The van der Waals surface area contributed by atoms with Crippen LogP contribution in [0.25, 0.3) is 10.8 Å². The summed E-state index contributed by atoms with van der Waals surface area (Å²) < 4.78 is 22.6. The van der Waals surface area contributed by atoms with E-state index in [0.29, 0.717) is 15.8 Å². The van der Waals surface area contributed by atoms with Gasteiger partial charge in [0, 0.05) is 38.9 Å². The summed E-state index contributed by atoms with van der Waals surface area (Å²) in [6, 6.07) is 4.54. The molecule has 0 aliphatic rings. The second-order valence-electron chi connectivity index (χ2n) is 2.94. The van der Waals surface area contributed by atoms with Crippen LogP contribution in [0.15, 0.2) is 35.5 Å². The lowest BCUT2D eigenvalue weighted by Gasteiger charge is -2.03. The first-order chi connectivity index (χ1) is 6.98. The molecule has 0 aliphatic heterocycles. The Kier molecular flexibility index (Phi) is 2.58. The highest BCUT2D eigenvalue weighted by Gasteiger charge is 2.15. The number of fused-ring (bicyclic) bond motifs is 1. The van der Waals surface area contributed by atoms with Crippen molar-refractivity contribution < 1.29 is 8.42 Å². The minimum absolute atomic E-state index is 0.00840. The molecule has 0 fully saturated rings. The topological polar surface area (TPSA) is 47.0 Å². The van der Waals surface area contributed by atoms with Gasteiger partial charge in [0.15, 0.2) is 0 Å². The van der Waals surface area contributed by atoms with Crippen LogP contribution >= 0.6 is 22.3 Å². The fourth-order valence-corrected chi connectivity index (χ4v) is 2.73. The fourth-order valence-electron chi connectivity index (χ4n) is 1.34. The smallest absolute Gasteiger partial charge is 0.261 e. The first-order valence-electron chi connectivity index (χ1n) is 3.96. The van der Waals surface area contributed by atoms with Crippen LogP contribution in [0.2, 0.25) is 5.02 Å². The molecule has 78 valence electrons. The molecular weight excluding hydrogens is 257 g/mol. The van der Waals surface area contributed by atoms with Gasteiger partial charge in [-0.2, -0.15) is 0 Å². The SMILES string of the molecule is O=S(=O)(Cl)c1cc(Cl)cc2cnccc12. The first-order valence-corrected chi connectivity index (χ1v) is 6.65. The summed E-state index contributed by atoms with van der Waals surface area (Å²) in [5, 5.41) is 1.48. The normalized spacial score (nSPS) is 11.9. The van der Waals surface area contributed by atoms with Crippen molar-refractivity contribution in [3.8, 4) is 0 Å². The van der Waals surface area contributed by atoms with Crippen molar-refractivity contribution in [2.45, 2.75) is 4.90 Å². The zero-order valence-electron chi connectivity index (χ0n) is 7.31. The third-order valence-electron chi connectivity index (χ3n) is 1.94. The van der Waals surface area contributed by atoms with Crippen LogP contribution in [0, 0.1) is 0 Å². The van der Waals surface area contributed by atoms with E-state index in [9.17, 15) is 8.42 Å². The molecule has 1 aromatic carbocycles. The van der Waals surface area contributed by atoms with Gasteiger partial charge in [-0.3, -0.25) is 4.98 Å². The van der Waals surface area contributed by atoms with Crippen molar-refractivity contribution in [1.82, 2.24) is 4.98 Å². The molecule has 0 atom stereocenters. The van der Waals surface area contributed by atoms with Gasteiger partial charge in [-0.1, -0.05) is 11.6 Å². The molecule has 15 heavy (non-hydrogen) atoms. The molecule has 1 heterocycles. The van der Waals surface area contributed by atoms with E-state index in [1.54, 1.807) is 12.1 Å². The average molecular weight is 262 g/mol. The quantitative estimate of drug-likeness (QED) is 0.742. The number of nitrogens with zero attached hydrogens (tertiary/aromatic N) is 1. The summed E-state index contributed by atoms with van der Waals surface area (Å²) in [7, 11) is 1.51. The van der Waals surface area contributed by atoms with Gasteiger partial charge in [0.2, 0.25) is 0 Å². The average Bonchev–Trinajstić information content (AvgIpc) is 2.15. The number of aromatic nitrogens is 1. The van der Waals surface area contributed by atoms with Crippen LogP contribution in [0.1, 0.15) is 0 Å². The third-order valence-corrected chi connectivity index (χ3v) is 3.52. The number of hydrogen-bond donors (Lipinski definition) is 0. The van der Waals surface area contributed by atoms with Crippen molar-refractivity contribution in [3.63, 3.8) is 0 Å². The molecule has 6 heteroatoms. The Labute approximate surface area is 96.1 Å². The Bertz CT molecular complexity index is 625. The molecule has 0 radical (unpaired) electrons. The van der Waals surface area contributed by atoms with Gasteiger partial charge in [-0.05, 0) is 18.2 Å². The minimum Gasteiger partial charge on any atom is -0.264 e. The number of benzene rings is 1. The molecule has 0 saturated heterocycles. The van der Waals surface area contributed by atoms with Crippen LogP contribution in [0.5, 0.6) is 0 Å². The van der Waals surface area contributed by atoms with Crippen LogP contribution in [-0.2, 0) is 9.05 Å². The van der Waals surface area contributed by atoms with Crippen LogP contribution in [-0.4, -0.2) is 13.4 Å². The summed E-state index contributed by atoms with van der Waals surface area (Å²) >= 11 is 5.78. The largest absolute Gasteiger partial charge is 0.264 e. The lowest BCUT2D eigenvalue weighted by atomic mass is 10.2. The number of halogens is 2. The van der Waals surface area contributed by atoms with Gasteiger partial charge in [-0.15, -0.1) is 0 Å².